The average molecular weight is 255 g/mol. The van der Waals surface area contributed by atoms with Gasteiger partial charge in [-0.05, 0) is 31.0 Å². The van der Waals surface area contributed by atoms with E-state index in [4.69, 9.17) is 11.0 Å². The number of benzene rings is 1. The van der Waals surface area contributed by atoms with Crippen LogP contribution in [0.1, 0.15) is 18.4 Å². The lowest BCUT2D eigenvalue weighted by Crippen LogP contribution is -2.36. The molecule has 0 spiro atoms. The Kier molecular flexibility index (Phi) is 3.07. The second-order valence-corrected chi connectivity index (χ2v) is 4.36. The van der Waals surface area contributed by atoms with Crippen molar-refractivity contribution in [3.8, 4) is 6.07 Å². The number of hydrogen-bond acceptors (Lipinski definition) is 3. The number of rotatable bonds is 3. The maximum absolute atomic E-state index is 12.5. The second kappa shape index (κ2) is 4.41. The number of nitrogens with two attached hydrogens (primary N) is 1. The Balaban J connectivity index is 2.29. The molecule has 0 heterocycles. The van der Waals surface area contributed by atoms with E-state index in [0.717, 1.165) is 12.8 Å². The van der Waals surface area contributed by atoms with E-state index in [0.29, 0.717) is 5.69 Å². The Morgan fingerprint density at radius 2 is 2.06 bits per heavy atom. The smallest absolute Gasteiger partial charge is 0.398 e. The Bertz CT molecular complexity index is 486. The van der Waals surface area contributed by atoms with Crippen molar-refractivity contribution >= 4 is 11.4 Å². The molecule has 0 atom stereocenters. The first-order valence-electron chi connectivity index (χ1n) is 5.54. The second-order valence-electron chi connectivity index (χ2n) is 4.36. The van der Waals surface area contributed by atoms with E-state index in [-0.39, 0.29) is 17.3 Å². The molecule has 1 aromatic rings. The summed E-state index contributed by atoms with van der Waals surface area (Å²) in [5.74, 6) is 0. The van der Waals surface area contributed by atoms with E-state index in [1.807, 2.05) is 6.07 Å². The predicted octanol–water partition coefficient (Wildman–Crippen LogP) is 2.67. The minimum atomic E-state index is -4.25. The minimum Gasteiger partial charge on any atom is -0.398 e. The van der Waals surface area contributed by atoms with Gasteiger partial charge in [0.15, 0.2) is 0 Å². The summed E-state index contributed by atoms with van der Waals surface area (Å²) in [4.78, 5) is 1.29. The third kappa shape index (κ3) is 2.86. The Hall–Kier alpha value is -1.90. The zero-order chi connectivity index (χ0) is 13.3. The molecule has 1 saturated carbocycles. The summed E-state index contributed by atoms with van der Waals surface area (Å²) in [6.45, 7) is -0.994. The molecule has 0 aliphatic heterocycles. The van der Waals surface area contributed by atoms with Crippen LogP contribution in [0.2, 0.25) is 0 Å². The fraction of sp³-hybridized carbons (Fsp3) is 0.417. The fourth-order valence-electron chi connectivity index (χ4n) is 1.83. The lowest BCUT2D eigenvalue weighted by molar-refractivity contribution is -0.120. The number of anilines is 2. The van der Waals surface area contributed by atoms with Crippen LogP contribution < -0.4 is 10.6 Å². The number of alkyl halides is 3. The van der Waals surface area contributed by atoms with Gasteiger partial charge in [-0.3, -0.25) is 0 Å². The molecule has 96 valence electrons. The third-order valence-electron chi connectivity index (χ3n) is 2.83. The van der Waals surface area contributed by atoms with Gasteiger partial charge in [0.1, 0.15) is 12.6 Å². The minimum absolute atomic E-state index is 0.0817. The lowest BCUT2D eigenvalue weighted by atomic mass is 10.1. The SMILES string of the molecule is N#Cc1cc(N(CC(F)(F)F)C2CC2)ccc1N. The molecule has 0 aromatic heterocycles. The van der Waals surface area contributed by atoms with E-state index < -0.39 is 12.7 Å². The highest BCUT2D eigenvalue weighted by molar-refractivity contribution is 5.63. The molecule has 0 amide bonds. The van der Waals surface area contributed by atoms with E-state index in [1.165, 1.54) is 23.1 Å². The summed E-state index contributed by atoms with van der Waals surface area (Å²) in [6.07, 6.45) is -2.75. The number of hydrogen-bond donors (Lipinski definition) is 1. The standard InChI is InChI=1S/C12H12F3N3/c13-12(14,15)7-18(9-1-2-9)10-3-4-11(17)8(5-10)6-16/h3-5,9H,1-2,7,17H2. The van der Waals surface area contributed by atoms with Crippen molar-refractivity contribution in [2.75, 3.05) is 17.2 Å². The number of nitriles is 1. The average Bonchev–Trinajstić information content (AvgIpc) is 3.09. The molecule has 1 aromatic carbocycles. The molecule has 18 heavy (non-hydrogen) atoms. The van der Waals surface area contributed by atoms with Crippen molar-refractivity contribution in [2.45, 2.75) is 25.1 Å². The van der Waals surface area contributed by atoms with Crippen LogP contribution >= 0.6 is 0 Å². The molecule has 1 fully saturated rings. The van der Waals surface area contributed by atoms with Gasteiger partial charge in [-0.1, -0.05) is 0 Å². The molecule has 6 heteroatoms. The van der Waals surface area contributed by atoms with Gasteiger partial charge in [0.05, 0.1) is 5.56 Å². The summed E-state index contributed by atoms with van der Waals surface area (Å²) in [7, 11) is 0. The molecule has 1 aliphatic rings. The van der Waals surface area contributed by atoms with Gasteiger partial charge in [0.2, 0.25) is 0 Å². The normalized spacial score (nSPS) is 15.2. The highest BCUT2D eigenvalue weighted by Gasteiger charge is 2.38. The van der Waals surface area contributed by atoms with Crippen molar-refractivity contribution in [3.63, 3.8) is 0 Å². The largest absolute Gasteiger partial charge is 0.405 e. The van der Waals surface area contributed by atoms with Crippen molar-refractivity contribution in [3.05, 3.63) is 23.8 Å². The number of nitrogen functional groups attached to an aromatic ring is 1. The molecular formula is C12H12F3N3. The van der Waals surface area contributed by atoms with Crippen LogP contribution in [0.5, 0.6) is 0 Å². The first kappa shape index (κ1) is 12.6. The summed E-state index contributed by atoms with van der Waals surface area (Å²) < 4.78 is 37.5. The van der Waals surface area contributed by atoms with E-state index in [9.17, 15) is 13.2 Å². The molecule has 0 radical (unpaired) electrons. The molecule has 3 nitrogen and oxygen atoms in total. The molecule has 0 bridgehead atoms. The molecule has 1 aliphatic carbocycles. The van der Waals surface area contributed by atoms with Gasteiger partial charge in [0, 0.05) is 17.4 Å². The summed E-state index contributed by atoms with van der Waals surface area (Å²) >= 11 is 0. The zero-order valence-corrected chi connectivity index (χ0v) is 9.54. The maximum Gasteiger partial charge on any atom is 0.405 e. The number of nitrogens with zero attached hydrogens (tertiary/aromatic N) is 2. The Labute approximate surface area is 103 Å². The van der Waals surface area contributed by atoms with E-state index >= 15 is 0 Å². The van der Waals surface area contributed by atoms with Gasteiger partial charge in [-0.2, -0.15) is 18.4 Å². The molecule has 2 rings (SSSR count). The zero-order valence-electron chi connectivity index (χ0n) is 9.54. The van der Waals surface area contributed by atoms with Crippen LogP contribution in [0.4, 0.5) is 24.5 Å². The van der Waals surface area contributed by atoms with Crippen molar-refractivity contribution in [1.29, 1.82) is 5.26 Å². The van der Waals surface area contributed by atoms with Crippen molar-refractivity contribution in [2.24, 2.45) is 0 Å². The molecule has 2 N–H and O–H groups in total. The Morgan fingerprint density at radius 3 is 2.56 bits per heavy atom. The highest BCUT2D eigenvalue weighted by atomic mass is 19.4. The highest BCUT2D eigenvalue weighted by Crippen LogP contribution is 2.35. The molecule has 0 unspecified atom stereocenters. The summed E-state index contributed by atoms with van der Waals surface area (Å²) in [6, 6.07) is 6.21. The molecular weight excluding hydrogens is 243 g/mol. The first-order valence-corrected chi connectivity index (χ1v) is 5.54. The van der Waals surface area contributed by atoms with Crippen LogP contribution in [-0.2, 0) is 0 Å². The predicted molar refractivity (Wildman–Crippen MR) is 62.0 cm³/mol. The number of halogens is 3. The third-order valence-corrected chi connectivity index (χ3v) is 2.83. The fourth-order valence-corrected chi connectivity index (χ4v) is 1.83. The van der Waals surface area contributed by atoms with E-state index in [1.54, 1.807) is 0 Å². The van der Waals surface area contributed by atoms with Crippen LogP contribution in [0.15, 0.2) is 18.2 Å². The van der Waals surface area contributed by atoms with Crippen LogP contribution in [0, 0.1) is 11.3 Å². The first-order chi connectivity index (χ1) is 8.40. The monoisotopic (exact) mass is 255 g/mol. The maximum atomic E-state index is 12.5. The van der Waals surface area contributed by atoms with Gasteiger partial charge >= 0.3 is 6.18 Å². The van der Waals surface area contributed by atoms with Gasteiger partial charge in [-0.15, -0.1) is 0 Å². The summed E-state index contributed by atoms with van der Waals surface area (Å²) in [5.41, 5.74) is 6.45. The van der Waals surface area contributed by atoms with Gasteiger partial charge < -0.3 is 10.6 Å². The van der Waals surface area contributed by atoms with Gasteiger partial charge in [0.25, 0.3) is 0 Å². The van der Waals surface area contributed by atoms with Gasteiger partial charge in [-0.25, -0.2) is 0 Å². The molecule has 0 saturated heterocycles. The van der Waals surface area contributed by atoms with Crippen LogP contribution in [0.25, 0.3) is 0 Å². The Morgan fingerprint density at radius 1 is 1.39 bits per heavy atom. The lowest BCUT2D eigenvalue weighted by Gasteiger charge is -2.26. The van der Waals surface area contributed by atoms with Crippen molar-refractivity contribution < 1.29 is 13.2 Å². The topological polar surface area (TPSA) is 53.0 Å². The van der Waals surface area contributed by atoms with Crippen molar-refractivity contribution in [1.82, 2.24) is 0 Å². The summed E-state index contributed by atoms with van der Waals surface area (Å²) in [5, 5.41) is 8.84. The quantitative estimate of drug-likeness (QED) is 0.845. The van der Waals surface area contributed by atoms with Crippen LogP contribution in [-0.4, -0.2) is 18.8 Å². The van der Waals surface area contributed by atoms with Crippen LogP contribution in [0.3, 0.4) is 0 Å². The van der Waals surface area contributed by atoms with E-state index in [2.05, 4.69) is 0 Å².